The van der Waals surface area contributed by atoms with Gasteiger partial charge in [0.1, 0.15) is 18.0 Å². The zero-order valence-electron chi connectivity index (χ0n) is 17.4. The van der Waals surface area contributed by atoms with Gasteiger partial charge >= 0.3 is 0 Å². The number of methoxy groups -OCH3 is 1. The molecule has 0 bridgehead atoms. The summed E-state index contributed by atoms with van der Waals surface area (Å²) in [4.78, 5) is 27.4. The minimum Gasteiger partial charge on any atom is -0.497 e. The summed E-state index contributed by atoms with van der Waals surface area (Å²) >= 11 is 0. The summed E-state index contributed by atoms with van der Waals surface area (Å²) in [5.41, 5.74) is -0.0625. The Morgan fingerprint density at radius 2 is 1.90 bits per heavy atom. The minimum absolute atomic E-state index is 0.00760. The summed E-state index contributed by atoms with van der Waals surface area (Å²) in [6.07, 6.45) is 2.04. The van der Waals surface area contributed by atoms with Crippen LogP contribution in [0.25, 0.3) is 0 Å². The Morgan fingerprint density at radius 3 is 2.53 bits per heavy atom. The molecule has 9 heteroatoms. The van der Waals surface area contributed by atoms with Crippen molar-refractivity contribution in [2.24, 2.45) is 5.92 Å². The number of sulfonamides is 1. The first-order valence-electron chi connectivity index (χ1n) is 9.86. The zero-order valence-corrected chi connectivity index (χ0v) is 18.2. The third kappa shape index (κ3) is 4.84. The van der Waals surface area contributed by atoms with Crippen molar-refractivity contribution in [3.05, 3.63) is 52.4 Å². The molecule has 1 aromatic heterocycles. The Balaban J connectivity index is 1.83. The summed E-state index contributed by atoms with van der Waals surface area (Å²) < 4.78 is 34.1. The monoisotopic (exact) mass is 433 g/mol. The van der Waals surface area contributed by atoms with E-state index in [-0.39, 0.29) is 23.0 Å². The van der Waals surface area contributed by atoms with E-state index < -0.39 is 15.6 Å². The van der Waals surface area contributed by atoms with Gasteiger partial charge in [0.25, 0.3) is 15.6 Å². The van der Waals surface area contributed by atoms with Crippen LogP contribution in [0.4, 0.5) is 5.69 Å². The number of benzene rings is 1. The molecule has 1 aliphatic rings. The molecular weight excluding hydrogens is 406 g/mol. The molecule has 1 aliphatic heterocycles. The highest BCUT2D eigenvalue weighted by atomic mass is 32.2. The molecule has 3 rings (SSSR count). The smallest absolute Gasteiger partial charge is 0.275 e. The maximum atomic E-state index is 12.9. The Hall–Kier alpha value is -2.81. The summed E-state index contributed by atoms with van der Waals surface area (Å²) in [6.45, 7) is 5.06. The lowest BCUT2D eigenvalue weighted by Crippen LogP contribution is -2.42. The molecule has 2 heterocycles. The number of piperidine rings is 1. The van der Waals surface area contributed by atoms with Gasteiger partial charge in [-0.25, -0.2) is 8.42 Å². The average Bonchev–Trinajstić information content (AvgIpc) is 2.73. The van der Waals surface area contributed by atoms with Crippen LogP contribution in [0.1, 0.15) is 25.5 Å². The van der Waals surface area contributed by atoms with E-state index in [4.69, 9.17) is 4.74 Å². The number of amides is 1. The molecule has 0 radical (unpaired) electrons. The molecule has 1 fully saturated rings. The van der Waals surface area contributed by atoms with Gasteiger partial charge in [0.2, 0.25) is 5.91 Å². The van der Waals surface area contributed by atoms with Crippen LogP contribution in [0.15, 0.2) is 46.1 Å². The number of hydrogen-bond donors (Lipinski definition) is 1. The van der Waals surface area contributed by atoms with Crippen LogP contribution in [0.2, 0.25) is 0 Å². The fourth-order valence-corrected chi connectivity index (χ4v) is 4.61. The van der Waals surface area contributed by atoms with E-state index in [0.717, 1.165) is 12.8 Å². The van der Waals surface area contributed by atoms with Gasteiger partial charge in [-0.2, -0.15) is 0 Å². The first-order valence-corrected chi connectivity index (χ1v) is 11.3. The summed E-state index contributed by atoms with van der Waals surface area (Å²) in [5.74, 6) is 0.822. The van der Waals surface area contributed by atoms with Crippen LogP contribution in [0, 0.1) is 12.8 Å². The molecule has 0 saturated carbocycles. The van der Waals surface area contributed by atoms with Crippen molar-refractivity contribution in [2.45, 2.75) is 38.1 Å². The molecule has 0 aliphatic carbocycles. The molecule has 0 unspecified atom stereocenters. The number of anilines is 1. The Labute approximate surface area is 176 Å². The highest BCUT2D eigenvalue weighted by Gasteiger charge is 2.23. The maximum Gasteiger partial charge on any atom is 0.275 e. The van der Waals surface area contributed by atoms with E-state index in [9.17, 15) is 18.0 Å². The lowest BCUT2D eigenvalue weighted by atomic mass is 10.0. The lowest BCUT2D eigenvalue weighted by molar-refractivity contribution is -0.133. The SMILES string of the molecule is COc1ccc(S(=O)(=O)Nc2ccc(C)n(CC(=O)N3CCC[C@@H](C)C3)c2=O)cc1. The number of likely N-dealkylation sites (tertiary alicyclic amines) is 1. The number of pyridine rings is 1. The second-order valence-electron chi connectivity index (χ2n) is 7.65. The zero-order chi connectivity index (χ0) is 21.9. The predicted octanol–water partition coefficient (Wildman–Crippen LogP) is 2.22. The van der Waals surface area contributed by atoms with Crippen LogP contribution in [-0.2, 0) is 21.4 Å². The van der Waals surface area contributed by atoms with E-state index in [1.165, 1.54) is 42.0 Å². The number of nitrogens with zero attached hydrogens (tertiary/aromatic N) is 2. The van der Waals surface area contributed by atoms with Crippen molar-refractivity contribution in [2.75, 3.05) is 24.9 Å². The quantitative estimate of drug-likeness (QED) is 0.753. The number of aromatic nitrogens is 1. The molecule has 8 nitrogen and oxygen atoms in total. The van der Waals surface area contributed by atoms with Crippen molar-refractivity contribution in [1.82, 2.24) is 9.47 Å². The normalized spacial score (nSPS) is 16.9. The highest BCUT2D eigenvalue weighted by molar-refractivity contribution is 7.92. The fourth-order valence-electron chi connectivity index (χ4n) is 3.55. The van der Waals surface area contributed by atoms with Crippen LogP contribution >= 0.6 is 0 Å². The first-order chi connectivity index (χ1) is 14.2. The van der Waals surface area contributed by atoms with Crippen LogP contribution < -0.4 is 15.0 Å². The van der Waals surface area contributed by atoms with Gasteiger partial charge in [-0.1, -0.05) is 6.92 Å². The molecule has 0 spiro atoms. The molecule has 2 aromatic rings. The van der Waals surface area contributed by atoms with Crippen molar-refractivity contribution >= 4 is 21.6 Å². The van der Waals surface area contributed by atoms with Crippen molar-refractivity contribution in [1.29, 1.82) is 0 Å². The molecule has 30 heavy (non-hydrogen) atoms. The Kier molecular flexibility index (Phi) is 6.50. The van der Waals surface area contributed by atoms with Gasteiger partial charge in [0, 0.05) is 18.8 Å². The Morgan fingerprint density at radius 1 is 1.20 bits per heavy atom. The summed E-state index contributed by atoms with van der Waals surface area (Å²) in [6, 6.07) is 8.90. The number of carbonyl (C=O) groups excluding carboxylic acids is 1. The number of aryl methyl sites for hydroxylation is 1. The maximum absolute atomic E-state index is 12.9. The second-order valence-corrected chi connectivity index (χ2v) is 9.33. The minimum atomic E-state index is -3.96. The topological polar surface area (TPSA) is 97.7 Å². The van der Waals surface area contributed by atoms with Crippen molar-refractivity contribution in [3.63, 3.8) is 0 Å². The second kappa shape index (κ2) is 8.91. The molecule has 1 N–H and O–H groups in total. The number of hydrogen-bond acceptors (Lipinski definition) is 5. The molecular formula is C21H27N3O5S. The van der Waals surface area contributed by atoms with Crippen LogP contribution in [-0.4, -0.2) is 44.0 Å². The number of carbonyl (C=O) groups is 1. The fraction of sp³-hybridized carbons (Fsp3) is 0.429. The van der Waals surface area contributed by atoms with E-state index in [1.54, 1.807) is 17.9 Å². The van der Waals surface area contributed by atoms with Crippen molar-refractivity contribution < 1.29 is 17.9 Å². The molecule has 162 valence electrons. The first kappa shape index (κ1) is 21.9. The van der Waals surface area contributed by atoms with E-state index in [1.807, 2.05) is 0 Å². The van der Waals surface area contributed by atoms with Crippen LogP contribution in [0.3, 0.4) is 0 Å². The van der Waals surface area contributed by atoms with E-state index >= 15 is 0 Å². The molecule has 1 saturated heterocycles. The number of nitrogens with one attached hydrogen (secondary N) is 1. The van der Waals surface area contributed by atoms with E-state index in [2.05, 4.69) is 11.6 Å². The molecule has 1 amide bonds. The lowest BCUT2D eigenvalue weighted by Gasteiger charge is -2.31. The third-order valence-corrected chi connectivity index (χ3v) is 6.69. The van der Waals surface area contributed by atoms with Gasteiger partial charge in [-0.05, 0) is 62.1 Å². The van der Waals surface area contributed by atoms with Gasteiger partial charge < -0.3 is 14.2 Å². The number of rotatable bonds is 6. The van der Waals surface area contributed by atoms with Gasteiger partial charge in [-0.15, -0.1) is 0 Å². The summed E-state index contributed by atoms with van der Waals surface area (Å²) in [7, 11) is -2.47. The van der Waals surface area contributed by atoms with Gasteiger partial charge in [0.05, 0.1) is 12.0 Å². The number of ether oxygens (including phenoxy) is 1. The molecule has 1 aromatic carbocycles. The Bertz CT molecular complexity index is 1080. The van der Waals surface area contributed by atoms with Gasteiger partial charge in [0.15, 0.2) is 0 Å². The average molecular weight is 434 g/mol. The van der Waals surface area contributed by atoms with E-state index in [0.29, 0.717) is 30.5 Å². The summed E-state index contributed by atoms with van der Waals surface area (Å²) in [5, 5.41) is 0. The predicted molar refractivity (Wildman–Crippen MR) is 114 cm³/mol. The van der Waals surface area contributed by atoms with Crippen molar-refractivity contribution in [3.8, 4) is 5.75 Å². The largest absolute Gasteiger partial charge is 0.497 e. The molecule has 1 atom stereocenters. The highest BCUT2D eigenvalue weighted by Crippen LogP contribution is 2.19. The third-order valence-electron chi connectivity index (χ3n) is 5.31. The van der Waals surface area contributed by atoms with Crippen LogP contribution in [0.5, 0.6) is 5.75 Å². The standard InChI is InChI=1S/C21H27N3O5S/c1-15-5-4-12-23(13-15)20(25)14-24-16(2)6-11-19(21(24)26)22-30(27,28)18-9-7-17(29-3)8-10-18/h6-11,15,22H,4-5,12-14H2,1-3H3/t15-/m1/s1. The van der Waals surface area contributed by atoms with Gasteiger partial charge in [-0.3, -0.25) is 14.3 Å².